The average Bonchev–Trinajstić information content (AvgIpc) is 2.67. The molecule has 1 heterocycles. The van der Waals surface area contributed by atoms with Crippen molar-refractivity contribution in [1.29, 1.82) is 0 Å². The molecule has 1 amide bonds. The number of nitrogens with zero attached hydrogens (tertiary/aromatic N) is 3. The van der Waals surface area contributed by atoms with Gasteiger partial charge < -0.3 is 16.3 Å². The predicted molar refractivity (Wildman–Crippen MR) is 46.3 cm³/mol. The maximum Gasteiger partial charge on any atom is 0.228 e. The van der Waals surface area contributed by atoms with Crippen LogP contribution in [0.15, 0.2) is 11.5 Å². The quantitative estimate of drug-likeness (QED) is 0.204. The van der Waals surface area contributed by atoms with Gasteiger partial charge in [-0.05, 0) is 0 Å². The molecular weight excluding hydrogens is 188 g/mol. The van der Waals surface area contributed by atoms with E-state index in [9.17, 15) is 4.79 Å². The molecule has 1 aromatic heterocycles. The third kappa shape index (κ3) is 3.09. The SMILES string of the molecule is NC(CC(=O)NCc1ncn[nH]1)=NO. The van der Waals surface area contributed by atoms with Crippen LogP contribution in [0.3, 0.4) is 0 Å². The van der Waals surface area contributed by atoms with Crippen molar-refractivity contribution in [2.45, 2.75) is 13.0 Å². The topological polar surface area (TPSA) is 129 Å². The number of amides is 1. The highest BCUT2D eigenvalue weighted by Crippen LogP contribution is 1.86. The smallest absolute Gasteiger partial charge is 0.228 e. The molecule has 8 heteroatoms. The molecule has 0 aliphatic rings. The summed E-state index contributed by atoms with van der Waals surface area (Å²) < 4.78 is 0. The van der Waals surface area contributed by atoms with Crippen LogP contribution in [-0.2, 0) is 11.3 Å². The van der Waals surface area contributed by atoms with Crippen molar-refractivity contribution in [2.75, 3.05) is 0 Å². The van der Waals surface area contributed by atoms with Crippen LogP contribution < -0.4 is 11.1 Å². The Labute approximate surface area is 79.2 Å². The summed E-state index contributed by atoms with van der Waals surface area (Å²) in [5.74, 6) is 0.0506. The molecule has 76 valence electrons. The number of amidine groups is 1. The number of H-pyrrole nitrogens is 1. The molecule has 1 aromatic rings. The van der Waals surface area contributed by atoms with Gasteiger partial charge in [-0.3, -0.25) is 9.89 Å². The fourth-order valence-corrected chi connectivity index (χ4v) is 0.761. The van der Waals surface area contributed by atoms with Crippen molar-refractivity contribution < 1.29 is 10.0 Å². The summed E-state index contributed by atoms with van der Waals surface area (Å²) in [6.07, 6.45) is 1.19. The molecule has 0 atom stereocenters. The standard InChI is InChI=1S/C6H10N6O2/c7-4(12-14)1-6(13)8-2-5-9-3-10-11-5/h3,14H,1-2H2,(H2,7,12)(H,8,13)(H,9,10,11). The van der Waals surface area contributed by atoms with Crippen LogP contribution in [0.25, 0.3) is 0 Å². The first-order valence-corrected chi connectivity index (χ1v) is 3.79. The van der Waals surface area contributed by atoms with E-state index in [-0.39, 0.29) is 24.7 Å². The molecule has 0 fully saturated rings. The van der Waals surface area contributed by atoms with Crippen molar-refractivity contribution in [3.8, 4) is 0 Å². The first-order valence-electron chi connectivity index (χ1n) is 3.79. The Morgan fingerprint density at radius 2 is 2.57 bits per heavy atom. The van der Waals surface area contributed by atoms with Gasteiger partial charge in [-0.25, -0.2) is 4.98 Å². The lowest BCUT2D eigenvalue weighted by Crippen LogP contribution is -2.28. The zero-order chi connectivity index (χ0) is 10.4. The van der Waals surface area contributed by atoms with Gasteiger partial charge in [0.1, 0.15) is 18.0 Å². The van der Waals surface area contributed by atoms with Gasteiger partial charge in [-0.15, -0.1) is 0 Å². The Morgan fingerprint density at radius 3 is 3.14 bits per heavy atom. The van der Waals surface area contributed by atoms with E-state index in [1.165, 1.54) is 6.33 Å². The summed E-state index contributed by atoms with van der Waals surface area (Å²) in [4.78, 5) is 14.9. The molecule has 0 aliphatic heterocycles. The number of oxime groups is 1. The minimum atomic E-state index is -0.350. The summed E-state index contributed by atoms with van der Waals surface area (Å²) >= 11 is 0. The number of carbonyl (C=O) groups excluding carboxylic acids is 1. The number of carbonyl (C=O) groups is 1. The van der Waals surface area contributed by atoms with E-state index >= 15 is 0 Å². The lowest BCUT2D eigenvalue weighted by atomic mass is 10.4. The number of nitrogens with two attached hydrogens (primary N) is 1. The lowest BCUT2D eigenvalue weighted by Gasteiger charge is -2.00. The van der Waals surface area contributed by atoms with Crippen molar-refractivity contribution in [1.82, 2.24) is 20.5 Å². The zero-order valence-electron chi connectivity index (χ0n) is 7.27. The minimum absolute atomic E-state index is 0.139. The van der Waals surface area contributed by atoms with Crippen molar-refractivity contribution in [3.63, 3.8) is 0 Å². The Hall–Kier alpha value is -2.12. The molecule has 0 unspecified atom stereocenters. The van der Waals surface area contributed by atoms with Crippen molar-refractivity contribution in [3.05, 3.63) is 12.2 Å². The average molecular weight is 198 g/mol. The van der Waals surface area contributed by atoms with E-state index in [0.717, 1.165) is 0 Å². The van der Waals surface area contributed by atoms with Gasteiger partial charge in [0.05, 0.1) is 13.0 Å². The summed E-state index contributed by atoms with van der Waals surface area (Å²) in [6, 6.07) is 0. The first-order chi connectivity index (χ1) is 6.72. The highest BCUT2D eigenvalue weighted by atomic mass is 16.4. The first kappa shape index (κ1) is 9.96. The van der Waals surface area contributed by atoms with Crippen LogP contribution in [0.4, 0.5) is 0 Å². The molecule has 0 aliphatic carbocycles. The molecule has 0 saturated heterocycles. The fraction of sp³-hybridized carbons (Fsp3) is 0.333. The Morgan fingerprint density at radius 1 is 1.79 bits per heavy atom. The van der Waals surface area contributed by atoms with Gasteiger partial charge >= 0.3 is 0 Å². The summed E-state index contributed by atoms with van der Waals surface area (Å²) in [5.41, 5.74) is 5.13. The van der Waals surface area contributed by atoms with E-state index in [2.05, 4.69) is 25.7 Å². The Bertz CT molecular complexity index is 319. The van der Waals surface area contributed by atoms with Gasteiger partial charge in [0.2, 0.25) is 5.91 Å². The summed E-state index contributed by atoms with van der Waals surface area (Å²) in [5, 5.41) is 19.5. The van der Waals surface area contributed by atoms with Gasteiger partial charge in [0.25, 0.3) is 0 Å². The molecule has 0 spiro atoms. The van der Waals surface area contributed by atoms with E-state index in [1.54, 1.807) is 0 Å². The number of rotatable bonds is 4. The van der Waals surface area contributed by atoms with Gasteiger partial charge in [-0.2, -0.15) is 5.10 Å². The lowest BCUT2D eigenvalue weighted by molar-refractivity contribution is -0.120. The highest BCUT2D eigenvalue weighted by molar-refractivity contribution is 5.98. The minimum Gasteiger partial charge on any atom is -0.409 e. The molecule has 0 saturated carbocycles. The van der Waals surface area contributed by atoms with Crippen LogP contribution in [0, 0.1) is 0 Å². The van der Waals surface area contributed by atoms with E-state index in [1.807, 2.05) is 0 Å². The molecule has 0 radical (unpaired) electrons. The third-order valence-electron chi connectivity index (χ3n) is 1.39. The molecule has 1 rings (SSSR count). The Kier molecular flexibility index (Phi) is 3.41. The van der Waals surface area contributed by atoms with Crippen LogP contribution in [0.1, 0.15) is 12.2 Å². The monoisotopic (exact) mass is 198 g/mol. The van der Waals surface area contributed by atoms with E-state index in [0.29, 0.717) is 5.82 Å². The van der Waals surface area contributed by atoms with E-state index < -0.39 is 0 Å². The maximum atomic E-state index is 11.1. The van der Waals surface area contributed by atoms with Gasteiger partial charge in [0.15, 0.2) is 0 Å². The highest BCUT2D eigenvalue weighted by Gasteiger charge is 2.04. The van der Waals surface area contributed by atoms with Gasteiger partial charge in [-0.1, -0.05) is 5.16 Å². The predicted octanol–water partition coefficient (Wildman–Crippen LogP) is -1.44. The zero-order valence-corrected chi connectivity index (χ0v) is 7.27. The molecule has 8 nitrogen and oxygen atoms in total. The fourth-order valence-electron chi connectivity index (χ4n) is 0.761. The number of aromatic nitrogens is 3. The second kappa shape index (κ2) is 4.80. The molecule has 0 bridgehead atoms. The normalized spacial score (nSPS) is 11.3. The molecule has 5 N–H and O–H groups in total. The van der Waals surface area contributed by atoms with Crippen LogP contribution >= 0.6 is 0 Å². The Balaban J connectivity index is 2.29. The molecular formula is C6H10N6O2. The van der Waals surface area contributed by atoms with Crippen molar-refractivity contribution in [2.24, 2.45) is 10.9 Å². The van der Waals surface area contributed by atoms with Crippen LogP contribution in [-0.4, -0.2) is 32.1 Å². The number of nitrogens with one attached hydrogen (secondary N) is 2. The second-order valence-electron chi connectivity index (χ2n) is 2.48. The number of aromatic amines is 1. The van der Waals surface area contributed by atoms with Crippen LogP contribution in [0.5, 0.6) is 0 Å². The summed E-state index contributed by atoms with van der Waals surface area (Å²) in [6.45, 7) is 0.234. The van der Waals surface area contributed by atoms with Gasteiger partial charge in [0, 0.05) is 0 Å². The van der Waals surface area contributed by atoms with Crippen molar-refractivity contribution >= 4 is 11.7 Å². The van der Waals surface area contributed by atoms with E-state index in [4.69, 9.17) is 10.9 Å². The second-order valence-corrected chi connectivity index (χ2v) is 2.48. The molecule has 14 heavy (non-hydrogen) atoms. The van der Waals surface area contributed by atoms with Crippen LogP contribution in [0.2, 0.25) is 0 Å². The molecule has 0 aromatic carbocycles. The largest absolute Gasteiger partial charge is 0.409 e. The third-order valence-corrected chi connectivity index (χ3v) is 1.39. The summed E-state index contributed by atoms with van der Waals surface area (Å²) in [7, 11) is 0. The number of hydrogen-bond acceptors (Lipinski definition) is 5. The number of hydrogen-bond donors (Lipinski definition) is 4. The maximum absolute atomic E-state index is 11.1.